The van der Waals surface area contributed by atoms with Crippen molar-refractivity contribution < 1.29 is 9.84 Å². The van der Waals surface area contributed by atoms with Crippen LogP contribution in [0.3, 0.4) is 0 Å². The number of aliphatic hydroxyl groups is 1. The van der Waals surface area contributed by atoms with Crippen molar-refractivity contribution in [3.63, 3.8) is 0 Å². The molecule has 0 radical (unpaired) electrons. The minimum atomic E-state index is 0.155. The minimum absolute atomic E-state index is 0.155. The van der Waals surface area contributed by atoms with E-state index >= 15 is 0 Å². The molecular weight excluding hydrogens is 216 g/mol. The van der Waals surface area contributed by atoms with Crippen LogP contribution >= 0.6 is 0 Å². The van der Waals surface area contributed by atoms with Crippen LogP contribution in [0.25, 0.3) is 0 Å². The van der Waals surface area contributed by atoms with E-state index in [2.05, 4.69) is 10.3 Å². The maximum absolute atomic E-state index is 8.71. The molecule has 1 heterocycles. The number of rotatable bonds is 7. The fourth-order valence-corrected chi connectivity index (χ4v) is 1.67. The second-order valence-electron chi connectivity index (χ2n) is 4.48. The highest BCUT2D eigenvalue weighted by Gasteiger charge is 2.20. The molecule has 1 aliphatic rings. The third-order valence-electron chi connectivity index (χ3n) is 2.97. The highest BCUT2D eigenvalue weighted by molar-refractivity contribution is 5.33. The summed E-state index contributed by atoms with van der Waals surface area (Å²) >= 11 is 0. The Kier molecular flexibility index (Phi) is 4.34. The normalized spacial score (nSPS) is 14.9. The molecule has 0 bridgehead atoms. The van der Waals surface area contributed by atoms with E-state index in [1.165, 1.54) is 18.4 Å². The Balaban J connectivity index is 1.93. The fraction of sp³-hybridized carbons (Fsp3) is 0.615. The molecule has 1 aromatic rings. The first-order chi connectivity index (χ1) is 8.31. The molecule has 0 unspecified atom stereocenters. The number of hydrogen-bond donors (Lipinski definition) is 2. The van der Waals surface area contributed by atoms with E-state index in [9.17, 15) is 0 Å². The van der Waals surface area contributed by atoms with E-state index in [1.807, 2.05) is 13.0 Å². The highest BCUT2D eigenvalue weighted by atomic mass is 16.5. The van der Waals surface area contributed by atoms with Crippen LogP contribution < -0.4 is 10.1 Å². The smallest absolute Gasteiger partial charge is 0.216 e. The zero-order valence-corrected chi connectivity index (χ0v) is 10.3. The number of ether oxygens (including phenoxy) is 1. The van der Waals surface area contributed by atoms with Gasteiger partial charge in [-0.3, -0.25) is 0 Å². The van der Waals surface area contributed by atoms with Gasteiger partial charge >= 0.3 is 0 Å². The van der Waals surface area contributed by atoms with Gasteiger partial charge in [0.15, 0.2) is 0 Å². The summed E-state index contributed by atoms with van der Waals surface area (Å²) in [4.78, 5) is 4.22. The summed E-state index contributed by atoms with van der Waals surface area (Å²) in [6.07, 6.45) is 5.02. The molecule has 2 rings (SSSR count). The lowest BCUT2D eigenvalue weighted by atomic mass is 10.1. The average Bonchev–Trinajstić information content (AvgIpc) is 3.14. The Bertz CT molecular complexity index is 364. The summed E-state index contributed by atoms with van der Waals surface area (Å²) in [6.45, 7) is 3.59. The molecular formula is C13H20N2O2. The van der Waals surface area contributed by atoms with Gasteiger partial charge in [0, 0.05) is 37.4 Å². The molecule has 94 valence electrons. The molecule has 4 nitrogen and oxygen atoms in total. The van der Waals surface area contributed by atoms with E-state index in [4.69, 9.17) is 9.84 Å². The van der Waals surface area contributed by atoms with Crippen molar-refractivity contribution in [2.45, 2.75) is 38.8 Å². The lowest BCUT2D eigenvalue weighted by Crippen LogP contribution is -2.16. The second-order valence-corrected chi connectivity index (χ2v) is 4.48. The third kappa shape index (κ3) is 3.68. The van der Waals surface area contributed by atoms with Gasteiger partial charge in [0.1, 0.15) is 0 Å². The topological polar surface area (TPSA) is 54.4 Å². The van der Waals surface area contributed by atoms with Gasteiger partial charge in [0.2, 0.25) is 5.88 Å². The Labute approximate surface area is 102 Å². The summed E-state index contributed by atoms with van der Waals surface area (Å²) in [6, 6.07) is 2.74. The number of pyridine rings is 1. The van der Waals surface area contributed by atoms with Gasteiger partial charge in [0.05, 0.1) is 6.61 Å². The SMILES string of the molecule is Cc1c(CNC2CC2)ccnc1OCCCO. The van der Waals surface area contributed by atoms with Crippen molar-refractivity contribution in [2.24, 2.45) is 0 Å². The Morgan fingerprint density at radius 2 is 2.35 bits per heavy atom. The molecule has 4 heteroatoms. The second kappa shape index (κ2) is 5.98. The number of nitrogens with one attached hydrogen (secondary N) is 1. The van der Waals surface area contributed by atoms with Crippen LogP contribution in [-0.2, 0) is 6.54 Å². The van der Waals surface area contributed by atoms with Crippen molar-refractivity contribution in [3.8, 4) is 5.88 Å². The number of hydrogen-bond acceptors (Lipinski definition) is 4. The van der Waals surface area contributed by atoms with E-state index in [0.717, 1.165) is 12.1 Å². The monoisotopic (exact) mass is 236 g/mol. The number of nitrogens with zero attached hydrogens (tertiary/aromatic N) is 1. The van der Waals surface area contributed by atoms with Crippen molar-refractivity contribution >= 4 is 0 Å². The molecule has 17 heavy (non-hydrogen) atoms. The standard InChI is InChI=1S/C13H20N2O2/c1-10-11(9-15-12-3-4-12)5-6-14-13(10)17-8-2-7-16/h5-6,12,15-16H,2-4,7-9H2,1H3. The van der Waals surface area contributed by atoms with Crippen molar-refractivity contribution in [1.82, 2.24) is 10.3 Å². The molecule has 1 saturated carbocycles. The highest BCUT2D eigenvalue weighted by Crippen LogP contribution is 2.22. The first-order valence-electron chi connectivity index (χ1n) is 6.23. The van der Waals surface area contributed by atoms with Crippen LogP contribution in [0.2, 0.25) is 0 Å². The molecule has 0 saturated heterocycles. The summed E-state index contributed by atoms with van der Waals surface area (Å²) in [5.74, 6) is 0.688. The largest absolute Gasteiger partial charge is 0.477 e. The lowest BCUT2D eigenvalue weighted by molar-refractivity contribution is 0.228. The summed E-state index contributed by atoms with van der Waals surface area (Å²) in [5.41, 5.74) is 2.34. The average molecular weight is 236 g/mol. The summed E-state index contributed by atoms with van der Waals surface area (Å²) in [5, 5.41) is 12.2. The van der Waals surface area contributed by atoms with Crippen LogP contribution in [0.4, 0.5) is 0 Å². The van der Waals surface area contributed by atoms with Crippen LogP contribution in [0, 0.1) is 6.92 Å². The maximum atomic E-state index is 8.71. The van der Waals surface area contributed by atoms with E-state index < -0.39 is 0 Å². The lowest BCUT2D eigenvalue weighted by Gasteiger charge is -2.11. The first-order valence-corrected chi connectivity index (χ1v) is 6.23. The Morgan fingerprint density at radius 3 is 3.06 bits per heavy atom. The van der Waals surface area contributed by atoms with Gasteiger partial charge in [-0.2, -0.15) is 0 Å². The Morgan fingerprint density at radius 1 is 1.53 bits per heavy atom. The maximum Gasteiger partial charge on any atom is 0.216 e. The van der Waals surface area contributed by atoms with Crippen LogP contribution in [-0.4, -0.2) is 29.3 Å². The quantitative estimate of drug-likeness (QED) is 0.703. The van der Waals surface area contributed by atoms with Gasteiger partial charge < -0.3 is 15.2 Å². The van der Waals surface area contributed by atoms with E-state index in [1.54, 1.807) is 6.20 Å². The minimum Gasteiger partial charge on any atom is -0.477 e. The third-order valence-corrected chi connectivity index (χ3v) is 2.97. The molecule has 0 atom stereocenters. The number of aromatic nitrogens is 1. The van der Waals surface area contributed by atoms with Crippen LogP contribution in [0.15, 0.2) is 12.3 Å². The van der Waals surface area contributed by atoms with Gasteiger partial charge in [-0.15, -0.1) is 0 Å². The van der Waals surface area contributed by atoms with Crippen molar-refractivity contribution in [1.29, 1.82) is 0 Å². The molecule has 1 aliphatic carbocycles. The van der Waals surface area contributed by atoms with Gasteiger partial charge in [-0.1, -0.05) is 0 Å². The van der Waals surface area contributed by atoms with Crippen molar-refractivity contribution in [2.75, 3.05) is 13.2 Å². The van der Waals surface area contributed by atoms with Crippen LogP contribution in [0.5, 0.6) is 5.88 Å². The first kappa shape index (κ1) is 12.3. The summed E-state index contributed by atoms with van der Waals surface area (Å²) < 4.78 is 5.54. The van der Waals surface area contributed by atoms with Gasteiger partial charge in [-0.25, -0.2) is 4.98 Å². The van der Waals surface area contributed by atoms with E-state index in [0.29, 0.717) is 24.9 Å². The molecule has 1 aromatic heterocycles. The molecule has 0 aromatic carbocycles. The van der Waals surface area contributed by atoms with Gasteiger partial charge in [0.25, 0.3) is 0 Å². The molecule has 1 fully saturated rings. The van der Waals surface area contributed by atoms with Crippen molar-refractivity contribution in [3.05, 3.63) is 23.4 Å². The van der Waals surface area contributed by atoms with Gasteiger partial charge in [-0.05, 0) is 31.4 Å². The molecule has 0 spiro atoms. The molecule has 0 amide bonds. The molecule has 0 aliphatic heterocycles. The Hall–Kier alpha value is -1.13. The predicted molar refractivity (Wildman–Crippen MR) is 66.0 cm³/mol. The molecule has 2 N–H and O–H groups in total. The van der Waals surface area contributed by atoms with E-state index in [-0.39, 0.29) is 6.61 Å². The zero-order valence-electron chi connectivity index (χ0n) is 10.3. The predicted octanol–water partition coefficient (Wildman–Crippen LogP) is 1.40. The van der Waals surface area contributed by atoms with Crippen LogP contribution in [0.1, 0.15) is 30.4 Å². The zero-order chi connectivity index (χ0) is 12.1. The number of aliphatic hydroxyl groups excluding tert-OH is 1. The fourth-order valence-electron chi connectivity index (χ4n) is 1.67. The summed E-state index contributed by atoms with van der Waals surface area (Å²) in [7, 11) is 0.